The summed E-state index contributed by atoms with van der Waals surface area (Å²) in [5.74, 6) is 1.34. The molecule has 1 saturated carbocycles. The van der Waals surface area contributed by atoms with Crippen molar-refractivity contribution < 1.29 is 27.0 Å². The summed E-state index contributed by atoms with van der Waals surface area (Å²) in [6.45, 7) is 2.98. The summed E-state index contributed by atoms with van der Waals surface area (Å²) < 4.78 is 62.2. The molecular weight excluding hydrogens is 664 g/mol. The summed E-state index contributed by atoms with van der Waals surface area (Å²) in [6, 6.07) is 13.5. The summed E-state index contributed by atoms with van der Waals surface area (Å²) in [6.07, 6.45) is 7.34. The van der Waals surface area contributed by atoms with E-state index in [1.54, 1.807) is 38.3 Å². The van der Waals surface area contributed by atoms with Crippen LogP contribution in [-0.4, -0.2) is 64.0 Å². The Balaban J connectivity index is 1.36. The molecule has 262 valence electrons. The van der Waals surface area contributed by atoms with Crippen LogP contribution in [-0.2, 0) is 28.2 Å². The molecule has 5 aromatic rings. The Labute approximate surface area is 289 Å². The van der Waals surface area contributed by atoms with Crippen LogP contribution in [0.25, 0.3) is 11.3 Å². The first-order valence-electron chi connectivity index (χ1n) is 16.5. The van der Waals surface area contributed by atoms with Gasteiger partial charge in [-0.2, -0.15) is 15.2 Å². The van der Waals surface area contributed by atoms with Gasteiger partial charge in [-0.1, -0.05) is 12.1 Å². The Hall–Kier alpha value is -5.02. The molecule has 1 saturated heterocycles. The highest BCUT2D eigenvalue weighted by Crippen LogP contribution is 2.42. The van der Waals surface area contributed by atoms with Gasteiger partial charge >= 0.3 is 0 Å². The van der Waals surface area contributed by atoms with Crippen molar-refractivity contribution in [1.29, 1.82) is 0 Å². The van der Waals surface area contributed by atoms with E-state index in [-0.39, 0.29) is 22.8 Å². The van der Waals surface area contributed by atoms with Crippen LogP contribution in [0.2, 0.25) is 0 Å². The Morgan fingerprint density at radius 3 is 2.48 bits per heavy atom. The SMILES string of the molecule is COc1ccc(CN(c2cc(C)n(C3CCCCO3)n2)c2nc(Nc3ccc(S(=O)(=O)C4CC4)cc3F)nc(-c3cnn(C)c3)c2OC)cc1. The first kappa shape index (κ1) is 33.5. The highest BCUT2D eigenvalue weighted by atomic mass is 32.2. The van der Waals surface area contributed by atoms with Crippen molar-refractivity contribution in [2.24, 2.45) is 7.05 Å². The number of hydrogen-bond acceptors (Lipinski definition) is 11. The molecule has 7 rings (SSSR count). The summed E-state index contributed by atoms with van der Waals surface area (Å²) in [5, 5.41) is 11.9. The lowest BCUT2D eigenvalue weighted by molar-refractivity contribution is -0.0405. The van der Waals surface area contributed by atoms with Gasteiger partial charge in [0.25, 0.3) is 0 Å². The number of aryl methyl sites for hydroxylation is 2. The van der Waals surface area contributed by atoms with E-state index in [0.717, 1.165) is 42.3 Å². The van der Waals surface area contributed by atoms with E-state index in [4.69, 9.17) is 29.3 Å². The standard InChI is InChI=1S/C35H39FN8O5S/c1-22-17-30(41-44(22)31-7-5-6-16-49-31)43(20-23-8-10-25(47-3)11-9-23)34-33(48-4)32(24-19-37-42(2)21-24)39-35(40-34)38-29-15-14-27(18-28(29)36)50(45,46)26-12-13-26/h8-11,14-15,17-19,21,26,31H,5-7,12-13,16,20H2,1-4H3,(H,38,39,40). The minimum absolute atomic E-state index is 0.0178. The van der Waals surface area contributed by atoms with Crippen molar-refractivity contribution in [2.75, 3.05) is 31.0 Å². The molecule has 1 unspecified atom stereocenters. The molecule has 1 aliphatic heterocycles. The van der Waals surface area contributed by atoms with Crippen molar-refractivity contribution in [3.05, 3.63) is 78.0 Å². The zero-order valence-corrected chi connectivity index (χ0v) is 29.2. The van der Waals surface area contributed by atoms with Gasteiger partial charge in [-0.3, -0.25) is 4.68 Å². The maximum atomic E-state index is 15.6. The fourth-order valence-electron chi connectivity index (χ4n) is 6.06. The number of hydrogen-bond donors (Lipinski definition) is 1. The molecule has 1 N–H and O–H groups in total. The lowest BCUT2D eigenvalue weighted by Gasteiger charge is -2.26. The zero-order valence-electron chi connectivity index (χ0n) is 28.3. The van der Waals surface area contributed by atoms with Gasteiger partial charge < -0.3 is 24.4 Å². The van der Waals surface area contributed by atoms with Gasteiger partial charge in [0, 0.05) is 37.2 Å². The van der Waals surface area contributed by atoms with Crippen molar-refractivity contribution in [3.8, 4) is 22.8 Å². The number of anilines is 4. The topological polar surface area (TPSA) is 139 Å². The van der Waals surface area contributed by atoms with E-state index in [1.807, 2.05) is 46.8 Å². The molecule has 0 amide bonds. The molecule has 1 aliphatic carbocycles. The molecule has 15 heteroatoms. The van der Waals surface area contributed by atoms with E-state index < -0.39 is 20.9 Å². The molecule has 50 heavy (non-hydrogen) atoms. The van der Waals surface area contributed by atoms with Crippen molar-refractivity contribution in [1.82, 2.24) is 29.5 Å². The highest BCUT2D eigenvalue weighted by Gasteiger charge is 2.37. The molecule has 13 nitrogen and oxygen atoms in total. The number of aromatic nitrogens is 6. The van der Waals surface area contributed by atoms with Gasteiger partial charge in [0.2, 0.25) is 5.95 Å². The summed E-state index contributed by atoms with van der Waals surface area (Å²) in [7, 11) is 1.38. The Kier molecular flexibility index (Phi) is 9.18. The van der Waals surface area contributed by atoms with Crippen LogP contribution in [0.4, 0.5) is 27.7 Å². The third kappa shape index (κ3) is 6.74. The summed E-state index contributed by atoms with van der Waals surface area (Å²) in [5.41, 5.74) is 2.92. The fraction of sp³-hybridized carbons (Fsp3) is 0.371. The summed E-state index contributed by atoms with van der Waals surface area (Å²) >= 11 is 0. The van der Waals surface area contributed by atoms with Crippen molar-refractivity contribution in [3.63, 3.8) is 0 Å². The quantitative estimate of drug-likeness (QED) is 0.158. The van der Waals surface area contributed by atoms with Crippen molar-refractivity contribution in [2.45, 2.75) is 61.9 Å². The molecule has 1 atom stereocenters. The largest absolute Gasteiger partial charge is 0.497 e. The number of methoxy groups -OCH3 is 2. The lowest BCUT2D eigenvalue weighted by atomic mass is 10.1. The second-order valence-corrected chi connectivity index (χ2v) is 14.7. The molecule has 0 spiro atoms. The normalized spacial score (nSPS) is 16.3. The number of rotatable bonds is 12. The van der Waals surface area contributed by atoms with Gasteiger partial charge in [0.1, 0.15) is 17.3 Å². The van der Waals surface area contributed by atoms with E-state index in [2.05, 4.69) is 10.4 Å². The van der Waals surface area contributed by atoms with Gasteiger partial charge in [-0.25, -0.2) is 22.5 Å². The van der Waals surface area contributed by atoms with E-state index >= 15 is 4.39 Å². The summed E-state index contributed by atoms with van der Waals surface area (Å²) in [4.78, 5) is 11.5. The van der Waals surface area contributed by atoms with Crippen LogP contribution >= 0.6 is 0 Å². The smallest absolute Gasteiger partial charge is 0.230 e. The van der Waals surface area contributed by atoms with Gasteiger partial charge in [0.05, 0.1) is 42.8 Å². The lowest BCUT2D eigenvalue weighted by Crippen LogP contribution is -2.23. The Bertz CT molecular complexity index is 2110. The number of nitrogens with one attached hydrogen (secondary N) is 1. The molecule has 2 fully saturated rings. The molecule has 0 radical (unpaired) electrons. The van der Waals surface area contributed by atoms with Gasteiger partial charge in [0.15, 0.2) is 33.5 Å². The maximum Gasteiger partial charge on any atom is 0.230 e. The van der Waals surface area contributed by atoms with Crippen LogP contribution < -0.4 is 19.7 Å². The second-order valence-electron chi connectivity index (χ2n) is 12.5. The molecule has 2 aromatic carbocycles. The molecule has 4 heterocycles. The predicted molar refractivity (Wildman–Crippen MR) is 185 cm³/mol. The minimum Gasteiger partial charge on any atom is -0.497 e. The first-order valence-corrected chi connectivity index (χ1v) is 18.0. The van der Waals surface area contributed by atoms with Crippen LogP contribution in [0.5, 0.6) is 11.5 Å². The van der Waals surface area contributed by atoms with E-state index in [1.165, 1.54) is 12.1 Å². The predicted octanol–water partition coefficient (Wildman–Crippen LogP) is 6.26. The third-order valence-corrected chi connectivity index (χ3v) is 11.1. The van der Waals surface area contributed by atoms with E-state index in [0.29, 0.717) is 54.6 Å². The van der Waals surface area contributed by atoms with Gasteiger partial charge in [-0.05, 0) is 74.9 Å². The fourth-order valence-corrected chi connectivity index (χ4v) is 7.73. The molecular formula is C35H39FN8O5S. The average molecular weight is 703 g/mol. The first-order chi connectivity index (χ1) is 24.1. The zero-order chi connectivity index (χ0) is 35.0. The maximum absolute atomic E-state index is 15.6. The number of halogens is 1. The Morgan fingerprint density at radius 1 is 1.04 bits per heavy atom. The van der Waals surface area contributed by atoms with Crippen LogP contribution in [0.15, 0.2) is 65.8 Å². The number of benzene rings is 2. The average Bonchev–Trinajstić information content (AvgIpc) is 3.80. The van der Waals surface area contributed by atoms with Crippen LogP contribution in [0.1, 0.15) is 49.6 Å². The van der Waals surface area contributed by atoms with Crippen LogP contribution in [0, 0.1) is 12.7 Å². The minimum atomic E-state index is -3.58. The van der Waals surface area contributed by atoms with Crippen LogP contribution in [0.3, 0.4) is 0 Å². The van der Waals surface area contributed by atoms with Gasteiger partial charge in [-0.15, -0.1) is 0 Å². The number of sulfone groups is 1. The number of ether oxygens (including phenoxy) is 3. The second kappa shape index (κ2) is 13.7. The van der Waals surface area contributed by atoms with E-state index in [9.17, 15) is 8.42 Å². The molecule has 2 aliphatic rings. The monoisotopic (exact) mass is 702 g/mol. The molecule has 0 bridgehead atoms. The number of nitrogens with zero attached hydrogens (tertiary/aromatic N) is 7. The Morgan fingerprint density at radius 2 is 1.84 bits per heavy atom. The third-order valence-electron chi connectivity index (χ3n) is 8.88. The van der Waals surface area contributed by atoms with Crippen molar-refractivity contribution >= 4 is 33.1 Å². The molecule has 3 aromatic heterocycles. The highest BCUT2D eigenvalue weighted by molar-refractivity contribution is 7.92.